The summed E-state index contributed by atoms with van der Waals surface area (Å²) in [5.41, 5.74) is 3.45. The van der Waals surface area contributed by atoms with Crippen LogP contribution in [-0.2, 0) is 13.1 Å². The molecule has 0 unspecified atom stereocenters. The Bertz CT molecular complexity index is 667. The topological polar surface area (TPSA) is 34.8 Å². The first-order valence-electron chi connectivity index (χ1n) is 6.84. The number of nitrogens with zero attached hydrogens (tertiary/aromatic N) is 3. The average Bonchev–Trinajstić information content (AvgIpc) is 3.17. The molecule has 0 aliphatic heterocycles. The minimum atomic E-state index is 0.829. The van der Waals surface area contributed by atoms with Crippen LogP contribution in [0.25, 0.3) is 5.69 Å². The predicted octanol–water partition coefficient (Wildman–Crippen LogP) is 3.31. The molecule has 4 nitrogen and oxygen atoms in total. The molecule has 2 aromatic heterocycles. The normalized spacial score (nSPS) is 10.7. The number of hydrogen-bond donors (Lipinski definition) is 1. The van der Waals surface area contributed by atoms with Gasteiger partial charge in [-0.25, -0.2) is 4.68 Å². The predicted molar refractivity (Wildman–Crippen MR) is 81.0 cm³/mol. The summed E-state index contributed by atoms with van der Waals surface area (Å²) in [7, 11) is 0. The fourth-order valence-corrected chi connectivity index (χ4v) is 2.18. The van der Waals surface area contributed by atoms with Gasteiger partial charge in [-0.2, -0.15) is 5.10 Å². The zero-order chi connectivity index (χ0) is 13.8. The molecule has 4 heteroatoms. The van der Waals surface area contributed by atoms with Crippen LogP contribution in [-0.4, -0.2) is 14.3 Å². The second kappa shape index (κ2) is 5.65. The fourth-order valence-electron chi connectivity index (χ4n) is 2.18. The average molecular weight is 266 g/mol. The number of benzene rings is 1. The SMILES string of the molecule is CCn1ccc(CNc2cccc(-n3cccn3)c2)c1. The van der Waals surface area contributed by atoms with Crippen molar-refractivity contribution < 1.29 is 0 Å². The molecule has 102 valence electrons. The van der Waals surface area contributed by atoms with Gasteiger partial charge >= 0.3 is 0 Å². The van der Waals surface area contributed by atoms with E-state index < -0.39 is 0 Å². The second-order valence-corrected chi connectivity index (χ2v) is 4.70. The number of aromatic nitrogens is 3. The van der Waals surface area contributed by atoms with Crippen LogP contribution in [0.2, 0.25) is 0 Å². The van der Waals surface area contributed by atoms with E-state index in [4.69, 9.17) is 0 Å². The summed E-state index contributed by atoms with van der Waals surface area (Å²) in [4.78, 5) is 0. The first-order valence-corrected chi connectivity index (χ1v) is 6.84. The number of nitrogens with one attached hydrogen (secondary N) is 1. The summed E-state index contributed by atoms with van der Waals surface area (Å²) in [6.45, 7) is 3.98. The van der Waals surface area contributed by atoms with Crippen molar-refractivity contribution in [2.45, 2.75) is 20.0 Å². The van der Waals surface area contributed by atoms with E-state index in [1.54, 1.807) is 6.20 Å². The van der Waals surface area contributed by atoms with E-state index in [0.29, 0.717) is 0 Å². The molecule has 3 rings (SSSR count). The number of rotatable bonds is 5. The van der Waals surface area contributed by atoms with Crippen molar-refractivity contribution in [2.75, 3.05) is 5.32 Å². The van der Waals surface area contributed by atoms with Crippen LogP contribution in [0.15, 0.2) is 61.2 Å². The lowest BCUT2D eigenvalue weighted by Gasteiger charge is -2.07. The molecule has 0 atom stereocenters. The molecule has 1 aromatic carbocycles. The van der Waals surface area contributed by atoms with Crippen molar-refractivity contribution in [1.82, 2.24) is 14.3 Å². The third-order valence-electron chi connectivity index (χ3n) is 3.29. The van der Waals surface area contributed by atoms with E-state index >= 15 is 0 Å². The Morgan fingerprint density at radius 3 is 2.85 bits per heavy atom. The molecule has 3 aromatic rings. The highest BCUT2D eigenvalue weighted by molar-refractivity contribution is 5.51. The van der Waals surface area contributed by atoms with Crippen molar-refractivity contribution in [2.24, 2.45) is 0 Å². The molecule has 1 N–H and O–H groups in total. The molecule has 0 saturated heterocycles. The Morgan fingerprint density at radius 2 is 2.10 bits per heavy atom. The first kappa shape index (κ1) is 12.5. The van der Waals surface area contributed by atoms with Gasteiger partial charge in [0.1, 0.15) is 0 Å². The summed E-state index contributed by atoms with van der Waals surface area (Å²) >= 11 is 0. The van der Waals surface area contributed by atoms with Crippen molar-refractivity contribution in [3.8, 4) is 5.69 Å². The summed E-state index contributed by atoms with van der Waals surface area (Å²) in [6, 6.07) is 12.3. The lowest BCUT2D eigenvalue weighted by Crippen LogP contribution is -2.00. The Labute approximate surface area is 118 Å². The van der Waals surface area contributed by atoms with Gasteiger partial charge in [-0.15, -0.1) is 0 Å². The molecule has 0 aliphatic carbocycles. The monoisotopic (exact) mass is 266 g/mol. The van der Waals surface area contributed by atoms with E-state index in [1.807, 2.05) is 29.1 Å². The van der Waals surface area contributed by atoms with Crippen LogP contribution in [0.3, 0.4) is 0 Å². The van der Waals surface area contributed by atoms with Gasteiger partial charge < -0.3 is 9.88 Å². The van der Waals surface area contributed by atoms with Crippen molar-refractivity contribution >= 4 is 5.69 Å². The van der Waals surface area contributed by atoms with Gasteiger partial charge in [0.2, 0.25) is 0 Å². The second-order valence-electron chi connectivity index (χ2n) is 4.70. The lowest BCUT2D eigenvalue weighted by atomic mass is 10.2. The van der Waals surface area contributed by atoms with Gasteiger partial charge in [0.05, 0.1) is 5.69 Å². The highest BCUT2D eigenvalue weighted by Gasteiger charge is 1.99. The van der Waals surface area contributed by atoms with Crippen LogP contribution in [0.1, 0.15) is 12.5 Å². The van der Waals surface area contributed by atoms with E-state index in [1.165, 1.54) is 5.56 Å². The largest absolute Gasteiger partial charge is 0.381 e. The molecule has 2 heterocycles. The Morgan fingerprint density at radius 1 is 1.15 bits per heavy atom. The third kappa shape index (κ3) is 2.74. The molecular weight excluding hydrogens is 248 g/mol. The van der Waals surface area contributed by atoms with Crippen molar-refractivity contribution in [1.29, 1.82) is 0 Å². The highest BCUT2D eigenvalue weighted by atomic mass is 15.3. The first-order chi connectivity index (χ1) is 9.85. The Hall–Kier alpha value is -2.49. The van der Waals surface area contributed by atoms with Gasteiger partial charge in [-0.05, 0) is 42.8 Å². The quantitative estimate of drug-likeness (QED) is 0.769. The van der Waals surface area contributed by atoms with Gasteiger partial charge in [0.15, 0.2) is 0 Å². The van der Waals surface area contributed by atoms with Crippen LogP contribution < -0.4 is 5.32 Å². The lowest BCUT2D eigenvalue weighted by molar-refractivity contribution is 0.766. The summed E-state index contributed by atoms with van der Waals surface area (Å²) < 4.78 is 4.04. The molecule has 20 heavy (non-hydrogen) atoms. The molecule has 0 bridgehead atoms. The van der Waals surface area contributed by atoms with Crippen LogP contribution in [0.5, 0.6) is 0 Å². The molecular formula is C16H18N4. The van der Waals surface area contributed by atoms with Gasteiger partial charge in [0, 0.05) is 43.6 Å². The third-order valence-corrected chi connectivity index (χ3v) is 3.29. The Balaban J connectivity index is 1.70. The van der Waals surface area contributed by atoms with Gasteiger partial charge in [-0.1, -0.05) is 6.07 Å². The van der Waals surface area contributed by atoms with Gasteiger partial charge in [0.25, 0.3) is 0 Å². The molecule has 0 fully saturated rings. The highest BCUT2D eigenvalue weighted by Crippen LogP contribution is 2.15. The van der Waals surface area contributed by atoms with Crippen LogP contribution >= 0.6 is 0 Å². The summed E-state index contributed by atoms with van der Waals surface area (Å²) in [5, 5.41) is 7.69. The van der Waals surface area contributed by atoms with Crippen LogP contribution in [0, 0.1) is 0 Å². The zero-order valence-corrected chi connectivity index (χ0v) is 11.5. The molecule has 0 saturated carbocycles. The smallest absolute Gasteiger partial charge is 0.0666 e. The number of aryl methyl sites for hydroxylation is 1. The molecule has 0 aliphatic rings. The van der Waals surface area contributed by atoms with E-state index in [-0.39, 0.29) is 0 Å². The molecule has 0 amide bonds. The summed E-state index contributed by atoms with van der Waals surface area (Å²) in [6.07, 6.45) is 8.01. The van der Waals surface area contributed by atoms with Crippen molar-refractivity contribution in [3.63, 3.8) is 0 Å². The maximum atomic E-state index is 4.25. The zero-order valence-electron chi connectivity index (χ0n) is 11.5. The maximum Gasteiger partial charge on any atom is 0.0666 e. The number of hydrogen-bond acceptors (Lipinski definition) is 2. The van der Waals surface area contributed by atoms with E-state index in [0.717, 1.165) is 24.5 Å². The molecule has 0 spiro atoms. The number of anilines is 1. The van der Waals surface area contributed by atoms with E-state index in [2.05, 4.69) is 52.5 Å². The molecule has 0 radical (unpaired) electrons. The van der Waals surface area contributed by atoms with Crippen LogP contribution in [0.4, 0.5) is 5.69 Å². The van der Waals surface area contributed by atoms with Crippen molar-refractivity contribution in [3.05, 3.63) is 66.7 Å². The van der Waals surface area contributed by atoms with E-state index in [9.17, 15) is 0 Å². The minimum Gasteiger partial charge on any atom is -0.381 e. The minimum absolute atomic E-state index is 0.829. The standard InChI is InChI=1S/C16H18N4/c1-2-19-10-7-14(13-19)12-17-15-5-3-6-16(11-15)20-9-4-8-18-20/h3-11,13,17H,2,12H2,1H3. The maximum absolute atomic E-state index is 4.25. The summed E-state index contributed by atoms with van der Waals surface area (Å²) in [5.74, 6) is 0. The Kier molecular flexibility index (Phi) is 3.54. The van der Waals surface area contributed by atoms with Gasteiger partial charge in [-0.3, -0.25) is 0 Å². The fraction of sp³-hybridized carbons (Fsp3) is 0.188.